The van der Waals surface area contributed by atoms with Crippen molar-refractivity contribution in [2.75, 3.05) is 10.6 Å². The van der Waals surface area contributed by atoms with Crippen molar-refractivity contribution in [1.29, 1.82) is 0 Å². The maximum absolute atomic E-state index is 12.4. The van der Waals surface area contributed by atoms with E-state index in [2.05, 4.69) is 10.6 Å². The lowest BCUT2D eigenvalue weighted by Gasteiger charge is -2.09. The predicted octanol–water partition coefficient (Wildman–Crippen LogP) is 4.74. The third kappa shape index (κ3) is 6.82. The fourth-order valence-electron chi connectivity index (χ4n) is 2.94. The van der Waals surface area contributed by atoms with E-state index in [1.807, 2.05) is 31.2 Å². The molecule has 0 aromatic heterocycles. The van der Waals surface area contributed by atoms with Gasteiger partial charge in [0.05, 0.1) is 0 Å². The molecule has 0 fully saturated rings. The number of anilines is 2. The highest BCUT2D eigenvalue weighted by atomic mass is 16.5. The number of carbonyl (C=O) groups is 3. The minimum absolute atomic E-state index is 0.0698. The van der Waals surface area contributed by atoms with Crippen LogP contribution in [0.1, 0.15) is 34.8 Å². The highest BCUT2D eigenvalue weighted by molar-refractivity contribution is 6.04. The van der Waals surface area contributed by atoms with Crippen molar-refractivity contribution in [2.45, 2.75) is 26.7 Å². The second-order valence-electron chi connectivity index (χ2n) is 7.19. The zero-order chi connectivity index (χ0) is 22.2. The first-order valence-corrected chi connectivity index (χ1v) is 9.94. The molecule has 3 aromatic carbocycles. The quantitative estimate of drug-likeness (QED) is 0.430. The molecule has 0 unspecified atom stereocenters. The van der Waals surface area contributed by atoms with E-state index in [1.54, 1.807) is 42.5 Å². The van der Waals surface area contributed by atoms with Gasteiger partial charge in [0.25, 0.3) is 5.91 Å². The Morgan fingerprint density at radius 1 is 0.839 bits per heavy atom. The molecule has 31 heavy (non-hydrogen) atoms. The Hall–Kier alpha value is -3.93. The van der Waals surface area contributed by atoms with Crippen molar-refractivity contribution in [3.05, 3.63) is 89.5 Å². The predicted molar refractivity (Wildman–Crippen MR) is 120 cm³/mol. The van der Waals surface area contributed by atoms with E-state index in [4.69, 9.17) is 4.74 Å². The summed E-state index contributed by atoms with van der Waals surface area (Å²) in [4.78, 5) is 35.7. The molecule has 0 aliphatic rings. The maximum Gasteiger partial charge on any atom is 0.308 e. The number of hydrogen-bond donors (Lipinski definition) is 2. The fourth-order valence-corrected chi connectivity index (χ4v) is 2.94. The van der Waals surface area contributed by atoms with Crippen LogP contribution in [-0.2, 0) is 16.0 Å². The summed E-state index contributed by atoms with van der Waals surface area (Å²) in [6, 6.07) is 21.4. The lowest BCUT2D eigenvalue weighted by molar-refractivity contribution is -0.131. The van der Waals surface area contributed by atoms with Gasteiger partial charge >= 0.3 is 5.97 Å². The third-order valence-electron chi connectivity index (χ3n) is 4.55. The van der Waals surface area contributed by atoms with Crippen LogP contribution in [0.5, 0.6) is 5.75 Å². The number of nitrogens with one attached hydrogen (secondary N) is 2. The Balaban J connectivity index is 1.52. The van der Waals surface area contributed by atoms with Gasteiger partial charge < -0.3 is 15.4 Å². The van der Waals surface area contributed by atoms with Crippen molar-refractivity contribution in [3.63, 3.8) is 0 Å². The molecule has 0 heterocycles. The van der Waals surface area contributed by atoms with Gasteiger partial charge in [-0.05, 0) is 61.4 Å². The van der Waals surface area contributed by atoms with E-state index < -0.39 is 5.97 Å². The summed E-state index contributed by atoms with van der Waals surface area (Å²) < 4.78 is 5.00. The summed E-state index contributed by atoms with van der Waals surface area (Å²) in [6.07, 6.45) is 1.06. The summed E-state index contributed by atoms with van der Waals surface area (Å²) >= 11 is 0. The molecule has 6 nitrogen and oxygen atoms in total. The molecule has 2 N–H and O–H groups in total. The molecule has 0 spiro atoms. The minimum Gasteiger partial charge on any atom is -0.427 e. The first-order valence-electron chi connectivity index (χ1n) is 9.94. The van der Waals surface area contributed by atoms with Crippen molar-refractivity contribution in [1.82, 2.24) is 0 Å². The normalized spacial score (nSPS) is 10.3. The van der Waals surface area contributed by atoms with Crippen LogP contribution in [0.15, 0.2) is 72.8 Å². The largest absolute Gasteiger partial charge is 0.427 e. The number of esters is 1. The van der Waals surface area contributed by atoms with Crippen molar-refractivity contribution < 1.29 is 19.1 Å². The minimum atomic E-state index is -0.450. The van der Waals surface area contributed by atoms with E-state index in [0.717, 1.165) is 5.56 Å². The molecular formula is C25H24N2O4. The van der Waals surface area contributed by atoms with Gasteiger partial charge in [0.15, 0.2) is 0 Å². The molecule has 0 bridgehead atoms. The lowest BCUT2D eigenvalue weighted by atomic mass is 10.1. The Morgan fingerprint density at radius 3 is 2.13 bits per heavy atom. The van der Waals surface area contributed by atoms with Gasteiger partial charge in [-0.2, -0.15) is 0 Å². The van der Waals surface area contributed by atoms with E-state index in [9.17, 15) is 14.4 Å². The van der Waals surface area contributed by atoms with Crippen LogP contribution in [-0.4, -0.2) is 17.8 Å². The molecule has 0 aliphatic carbocycles. The van der Waals surface area contributed by atoms with E-state index in [1.165, 1.54) is 18.6 Å². The van der Waals surface area contributed by atoms with Crippen molar-refractivity contribution >= 4 is 29.2 Å². The SMILES string of the molecule is CC(=O)Oc1cccc(C(=O)Nc2ccc(NC(=O)CCc3ccc(C)cc3)cc2)c1. The van der Waals surface area contributed by atoms with Crippen LogP contribution >= 0.6 is 0 Å². The number of benzene rings is 3. The lowest BCUT2D eigenvalue weighted by Crippen LogP contribution is -2.13. The number of carbonyl (C=O) groups excluding carboxylic acids is 3. The molecule has 6 heteroatoms. The molecule has 158 valence electrons. The third-order valence-corrected chi connectivity index (χ3v) is 4.55. The summed E-state index contributed by atoms with van der Waals surface area (Å²) in [5.74, 6) is -0.540. The highest BCUT2D eigenvalue weighted by Gasteiger charge is 2.09. The fraction of sp³-hybridized carbons (Fsp3) is 0.160. The zero-order valence-electron chi connectivity index (χ0n) is 17.5. The smallest absolute Gasteiger partial charge is 0.308 e. The van der Waals surface area contributed by atoms with E-state index in [-0.39, 0.29) is 11.8 Å². The van der Waals surface area contributed by atoms with Gasteiger partial charge in [0, 0.05) is 30.3 Å². The van der Waals surface area contributed by atoms with Crippen LogP contribution in [0, 0.1) is 6.92 Å². The van der Waals surface area contributed by atoms with Gasteiger partial charge in [-0.15, -0.1) is 0 Å². The second-order valence-corrected chi connectivity index (χ2v) is 7.19. The molecule has 0 aliphatic heterocycles. The molecule has 0 radical (unpaired) electrons. The van der Waals surface area contributed by atoms with Crippen LogP contribution < -0.4 is 15.4 Å². The summed E-state index contributed by atoms with van der Waals surface area (Å²) in [6.45, 7) is 3.33. The van der Waals surface area contributed by atoms with E-state index >= 15 is 0 Å². The van der Waals surface area contributed by atoms with Crippen molar-refractivity contribution in [3.8, 4) is 5.75 Å². The van der Waals surface area contributed by atoms with Crippen molar-refractivity contribution in [2.24, 2.45) is 0 Å². The van der Waals surface area contributed by atoms with Gasteiger partial charge in [0.1, 0.15) is 5.75 Å². The average molecular weight is 416 g/mol. The number of aryl methyl sites for hydroxylation is 2. The maximum atomic E-state index is 12.4. The number of ether oxygens (including phenoxy) is 1. The molecular weight excluding hydrogens is 392 g/mol. The molecule has 3 aromatic rings. The molecule has 3 rings (SSSR count). The van der Waals surface area contributed by atoms with Gasteiger partial charge in [-0.1, -0.05) is 35.9 Å². The second kappa shape index (κ2) is 10.2. The van der Waals surface area contributed by atoms with Gasteiger partial charge in [0.2, 0.25) is 5.91 Å². The standard InChI is InChI=1S/C25H24N2O4/c1-17-6-8-19(9-7-17)10-15-24(29)26-21-11-13-22(14-12-21)27-25(30)20-4-3-5-23(16-20)31-18(2)28/h3-9,11-14,16H,10,15H2,1-2H3,(H,26,29)(H,27,30). The number of rotatable bonds is 7. The Kier molecular flexibility index (Phi) is 7.17. The van der Waals surface area contributed by atoms with Gasteiger partial charge in [-0.25, -0.2) is 0 Å². The first-order chi connectivity index (χ1) is 14.9. The number of amides is 2. The highest BCUT2D eigenvalue weighted by Crippen LogP contribution is 2.18. The average Bonchev–Trinajstić information content (AvgIpc) is 2.74. The van der Waals surface area contributed by atoms with Crippen LogP contribution in [0.25, 0.3) is 0 Å². The Labute approximate surface area is 181 Å². The first kappa shape index (κ1) is 21.8. The molecule has 0 atom stereocenters. The van der Waals surface area contributed by atoms with Crippen LogP contribution in [0.3, 0.4) is 0 Å². The Morgan fingerprint density at radius 2 is 1.48 bits per heavy atom. The van der Waals surface area contributed by atoms with Gasteiger partial charge in [-0.3, -0.25) is 14.4 Å². The number of hydrogen-bond acceptors (Lipinski definition) is 4. The summed E-state index contributed by atoms with van der Waals surface area (Å²) in [7, 11) is 0. The van der Waals surface area contributed by atoms with Crippen LogP contribution in [0.4, 0.5) is 11.4 Å². The zero-order valence-corrected chi connectivity index (χ0v) is 17.5. The molecule has 0 saturated heterocycles. The molecule has 2 amide bonds. The summed E-state index contributed by atoms with van der Waals surface area (Å²) in [5.41, 5.74) is 3.92. The van der Waals surface area contributed by atoms with Crippen LogP contribution in [0.2, 0.25) is 0 Å². The summed E-state index contributed by atoms with van der Waals surface area (Å²) in [5, 5.41) is 5.64. The Bertz CT molecular complexity index is 1070. The van der Waals surface area contributed by atoms with E-state index in [0.29, 0.717) is 35.5 Å². The topological polar surface area (TPSA) is 84.5 Å². The molecule has 0 saturated carbocycles. The monoisotopic (exact) mass is 416 g/mol.